The third kappa shape index (κ3) is 3.48. The second kappa shape index (κ2) is 5.92. The first-order valence-corrected chi connectivity index (χ1v) is 6.66. The smallest absolute Gasteiger partial charge is 0.239 e. The highest BCUT2D eigenvalue weighted by Gasteiger charge is 2.20. The lowest BCUT2D eigenvalue weighted by atomic mass is 10.1. The van der Waals surface area contributed by atoms with Crippen LogP contribution in [0.2, 0.25) is 0 Å². The van der Waals surface area contributed by atoms with E-state index in [9.17, 15) is 4.79 Å². The van der Waals surface area contributed by atoms with Gasteiger partial charge in [0.1, 0.15) is 12.4 Å². The Morgan fingerprint density at radius 1 is 1.20 bits per heavy atom. The van der Waals surface area contributed by atoms with Crippen molar-refractivity contribution in [3.63, 3.8) is 0 Å². The Balaban J connectivity index is 1.92. The van der Waals surface area contributed by atoms with Crippen LogP contribution >= 0.6 is 0 Å². The molecule has 4 heteroatoms. The van der Waals surface area contributed by atoms with Gasteiger partial charge in [0.15, 0.2) is 0 Å². The van der Waals surface area contributed by atoms with Gasteiger partial charge in [-0.15, -0.1) is 0 Å². The number of nitrogens with one attached hydrogen (secondary N) is 1. The molecule has 0 aliphatic rings. The van der Waals surface area contributed by atoms with Gasteiger partial charge in [0.25, 0.3) is 0 Å². The molecule has 0 saturated heterocycles. The van der Waals surface area contributed by atoms with E-state index in [1.54, 1.807) is 13.8 Å². The van der Waals surface area contributed by atoms with Crippen LogP contribution in [0.1, 0.15) is 13.8 Å². The second-order valence-electron chi connectivity index (χ2n) is 5.30. The molecule has 0 heterocycles. The molecule has 1 amide bonds. The van der Waals surface area contributed by atoms with E-state index in [1.165, 1.54) is 0 Å². The summed E-state index contributed by atoms with van der Waals surface area (Å²) in [5.41, 5.74) is 4.83. The van der Waals surface area contributed by atoms with E-state index in [1.807, 2.05) is 42.5 Å². The molecule has 0 aliphatic carbocycles. The van der Waals surface area contributed by atoms with Crippen LogP contribution in [0, 0.1) is 0 Å². The minimum absolute atomic E-state index is 0.181. The summed E-state index contributed by atoms with van der Waals surface area (Å²) in [7, 11) is 0. The van der Waals surface area contributed by atoms with Crippen LogP contribution in [0.15, 0.2) is 42.5 Å². The van der Waals surface area contributed by atoms with E-state index in [4.69, 9.17) is 10.5 Å². The van der Waals surface area contributed by atoms with E-state index in [0.29, 0.717) is 13.2 Å². The van der Waals surface area contributed by atoms with Crippen LogP contribution in [-0.2, 0) is 4.79 Å². The van der Waals surface area contributed by atoms with E-state index in [-0.39, 0.29) is 5.91 Å². The third-order valence-corrected chi connectivity index (χ3v) is 2.98. The Hall–Kier alpha value is -2.07. The van der Waals surface area contributed by atoms with Gasteiger partial charge in [-0.05, 0) is 25.3 Å². The number of carbonyl (C=O) groups excluding carboxylic acids is 1. The quantitative estimate of drug-likeness (QED) is 0.819. The van der Waals surface area contributed by atoms with Crippen LogP contribution in [0.4, 0.5) is 0 Å². The zero-order valence-electron chi connectivity index (χ0n) is 11.8. The van der Waals surface area contributed by atoms with Gasteiger partial charge in [-0.25, -0.2) is 0 Å². The minimum atomic E-state index is -0.862. The molecule has 106 valence electrons. The van der Waals surface area contributed by atoms with Gasteiger partial charge in [-0.3, -0.25) is 4.79 Å². The summed E-state index contributed by atoms with van der Waals surface area (Å²) in [5, 5.41) is 4.96. The fourth-order valence-electron chi connectivity index (χ4n) is 1.87. The normalized spacial score (nSPS) is 11.3. The molecule has 0 spiro atoms. The summed E-state index contributed by atoms with van der Waals surface area (Å²) >= 11 is 0. The van der Waals surface area contributed by atoms with Gasteiger partial charge in [0.05, 0.1) is 12.1 Å². The van der Waals surface area contributed by atoms with Crippen molar-refractivity contribution in [3.8, 4) is 5.75 Å². The molecule has 0 radical (unpaired) electrons. The zero-order chi connectivity index (χ0) is 14.6. The number of hydrogen-bond donors (Lipinski definition) is 2. The lowest BCUT2D eigenvalue weighted by molar-refractivity contribution is -0.125. The fraction of sp³-hybridized carbons (Fsp3) is 0.312. The molecule has 0 saturated carbocycles. The van der Waals surface area contributed by atoms with Gasteiger partial charge in [0.2, 0.25) is 5.91 Å². The summed E-state index contributed by atoms with van der Waals surface area (Å²) in [4.78, 5) is 11.6. The second-order valence-corrected chi connectivity index (χ2v) is 5.30. The van der Waals surface area contributed by atoms with Crippen molar-refractivity contribution in [2.45, 2.75) is 19.4 Å². The molecule has 0 unspecified atom stereocenters. The lowest BCUT2D eigenvalue weighted by Crippen LogP contribution is -2.49. The molecule has 2 aromatic rings. The molecular weight excluding hydrogens is 252 g/mol. The van der Waals surface area contributed by atoms with Gasteiger partial charge in [-0.2, -0.15) is 0 Å². The number of ether oxygens (including phenoxy) is 1. The summed E-state index contributed by atoms with van der Waals surface area (Å²) in [6, 6.07) is 14.0. The molecule has 0 aromatic heterocycles. The first-order valence-electron chi connectivity index (χ1n) is 6.66. The highest BCUT2D eigenvalue weighted by atomic mass is 16.5. The van der Waals surface area contributed by atoms with Crippen LogP contribution < -0.4 is 15.8 Å². The predicted octanol–water partition coefficient (Wildman–Crippen LogP) is 2.07. The topological polar surface area (TPSA) is 64.4 Å². The highest BCUT2D eigenvalue weighted by molar-refractivity contribution is 5.88. The Kier molecular flexibility index (Phi) is 4.25. The maximum absolute atomic E-state index is 11.6. The van der Waals surface area contributed by atoms with Crippen LogP contribution in [0.25, 0.3) is 10.8 Å². The minimum Gasteiger partial charge on any atom is -0.491 e. The average Bonchev–Trinajstić information content (AvgIpc) is 2.42. The van der Waals surface area contributed by atoms with E-state index < -0.39 is 5.54 Å². The maximum Gasteiger partial charge on any atom is 0.239 e. The average molecular weight is 272 g/mol. The van der Waals surface area contributed by atoms with Crippen LogP contribution in [-0.4, -0.2) is 24.6 Å². The van der Waals surface area contributed by atoms with Gasteiger partial charge in [-0.1, -0.05) is 36.4 Å². The number of benzene rings is 2. The summed E-state index contributed by atoms with van der Waals surface area (Å²) < 4.78 is 5.73. The molecule has 4 nitrogen and oxygen atoms in total. The SMILES string of the molecule is CC(C)(N)C(=O)NCCOc1cccc2ccccc12. The lowest BCUT2D eigenvalue weighted by Gasteiger charge is -2.18. The van der Waals surface area contributed by atoms with E-state index in [2.05, 4.69) is 5.32 Å². The predicted molar refractivity (Wildman–Crippen MR) is 80.7 cm³/mol. The summed E-state index contributed by atoms with van der Waals surface area (Å²) in [6.07, 6.45) is 0. The molecule has 0 fully saturated rings. The van der Waals surface area contributed by atoms with Crippen LogP contribution in [0.3, 0.4) is 0 Å². The zero-order valence-corrected chi connectivity index (χ0v) is 11.8. The number of fused-ring (bicyclic) bond motifs is 1. The van der Waals surface area contributed by atoms with Crippen molar-refractivity contribution in [2.75, 3.05) is 13.2 Å². The third-order valence-electron chi connectivity index (χ3n) is 2.98. The van der Waals surface area contributed by atoms with Crippen molar-refractivity contribution >= 4 is 16.7 Å². The Morgan fingerprint density at radius 3 is 2.65 bits per heavy atom. The van der Waals surface area contributed by atoms with Crippen molar-refractivity contribution in [2.24, 2.45) is 5.73 Å². The molecule has 0 aliphatic heterocycles. The van der Waals surface area contributed by atoms with Gasteiger partial charge in [0, 0.05) is 5.39 Å². The van der Waals surface area contributed by atoms with Crippen molar-refractivity contribution in [3.05, 3.63) is 42.5 Å². The summed E-state index contributed by atoms with van der Waals surface area (Å²) in [5.74, 6) is 0.642. The standard InChI is InChI=1S/C16H20N2O2/c1-16(2,17)15(19)18-10-11-20-14-9-5-7-12-6-3-4-8-13(12)14/h3-9H,10-11,17H2,1-2H3,(H,18,19). The first kappa shape index (κ1) is 14.3. The molecule has 20 heavy (non-hydrogen) atoms. The number of rotatable bonds is 5. The largest absolute Gasteiger partial charge is 0.491 e. The van der Waals surface area contributed by atoms with Crippen LogP contribution in [0.5, 0.6) is 5.75 Å². The fourth-order valence-corrected chi connectivity index (χ4v) is 1.87. The molecule has 3 N–H and O–H groups in total. The van der Waals surface area contributed by atoms with Crippen molar-refractivity contribution < 1.29 is 9.53 Å². The molecule has 2 rings (SSSR count). The van der Waals surface area contributed by atoms with Crippen molar-refractivity contribution in [1.82, 2.24) is 5.32 Å². The Labute approximate surface area is 118 Å². The van der Waals surface area contributed by atoms with E-state index >= 15 is 0 Å². The number of amides is 1. The van der Waals surface area contributed by atoms with Crippen molar-refractivity contribution in [1.29, 1.82) is 0 Å². The molecule has 2 aromatic carbocycles. The molecule has 0 bridgehead atoms. The molecular formula is C16H20N2O2. The monoisotopic (exact) mass is 272 g/mol. The Morgan fingerprint density at radius 2 is 1.90 bits per heavy atom. The molecule has 0 atom stereocenters. The highest BCUT2D eigenvalue weighted by Crippen LogP contribution is 2.24. The van der Waals surface area contributed by atoms with Gasteiger partial charge < -0.3 is 15.8 Å². The number of hydrogen-bond acceptors (Lipinski definition) is 3. The number of nitrogens with two attached hydrogens (primary N) is 1. The maximum atomic E-state index is 11.6. The first-order chi connectivity index (χ1) is 9.48. The Bertz CT molecular complexity index is 597. The van der Waals surface area contributed by atoms with E-state index in [0.717, 1.165) is 16.5 Å². The number of carbonyl (C=O) groups is 1. The summed E-state index contributed by atoms with van der Waals surface area (Å²) in [6.45, 7) is 4.19. The van der Waals surface area contributed by atoms with Gasteiger partial charge >= 0.3 is 0 Å².